The van der Waals surface area contributed by atoms with Gasteiger partial charge in [0.15, 0.2) is 0 Å². The van der Waals surface area contributed by atoms with E-state index in [4.69, 9.17) is 9.47 Å². The zero-order chi connectivity index (χ0) is 19.2. The summed E-state index contributed by atoms with van der Waals surface area (Å²) in [7, 11) is 0. The topological polar surface area (TPSA) is 18.5 Å². The van der Waals surface area contributed by atoms with Crippen LogP contribution in [-0.2, 0) is 13.2 Å². The van der Waals surface area contributed by atoms with E-state index in [2.05, 4.69) is 58.4 Å². The molecule has 0 atom stereocenters. The molecule has 4 rings (SSSR count). The molecule has 3 aromatic carbocycles. The van der Waals surface area contributed by atoms with Crippen molar-refractivity contribution in [1.82, 2.24) is 0 Å². The van der Waals surface area contributed by atoms with Gasteiger partial charge in [-0.3, -0.25) is 0 Å². The molecule has 142 valence electrons. The summed E-state index contributed by atoms with van der Waals surface area (Å²) in [5, 5.41) is 0. The summed E-state index contributed by atoms with van der Waals surface area (Å²) in [6.45, 7) is 1.05. The third-order valence-electron chi connectivity index (χ3n) is 4.87. The van der Waals surface area contributed by atoms with Gasteiger partial charge in [0.05, 0.1) is 0 Å². The molecule has 1 fully saturated rings. The van der Waals surface area contributed by atoms with Crippen LogP contribution in [0.1, 0.15) is 36.0 Å². The van der Waals surface area contributed by atoms with Gasteiger partial charge < -0.3 is 9.47 Å². The third-order valence-corrected chi connectivity index (χ3v) is 5.65. The van der Waals surface area contributed by atoms with Crippen LogP contribution in [0.25, 0.3) is 6.08 Å². The molecule has 0 radical (unpaired) electrons. The predicted octanol–water partition coefficient (Wildman–Crippen LogP) is 7.17. The van der Waals surface area contributed by atoms with Crippen LogP contribution in [0, 0.1) is 0 Å². The monoisotopic (exact) mass is 434 g/mol. The second-order valence-corrected chi connectivity index (χ2v) is 7.83. The second kappa shape index (κ2) is 9.11. The molecule has 0 aromatic heterocycles. The lowest BCUT2D eigenvalue weighted by Crippen LogP contribution is -2.01. The van der Waals surface area contributed by atoms with Crippen LogP contribution in [0.4, 0.5) is 0 Å². The molecule has 1 aliphatic rings. The van der Waals surface area contributed by atoms with Gasteiger partial charge in [0.1, 0.15) is 29.2 Å². The Hall–Kier alpha value is -2.52. The maximum Gasteiger partial charge on any atom is 0.138 e. The first-order chi connectivity index (χ1) is 13.8. The van der Waals surface area contributed by atoms with Gasteiger partial charge in [0.25, 0.3) is 0 Å². The first-order valence-corrected chi connectivity index (χ1v) is 10.4. The van der Waals surface area contributed by atoms with Crippen LogP contribution in [0.3, 0.4) is 0 Å². The van der Waals surface area contributed by atoms with Gasteiger partial charge in [-0.05, 0) is 64.0 Å². The first kappa shape index (κ1) is 18.8. The largest absolute Gasteiger partial charge is 0.488 e. The van der Waals surface area contributed by atoms with Gasteiger partial charge in [-0.2, -0.15) is 0 Å². The van der Waals surface area contributed by atoms with Crippen molar-refractivity contribution in [2.45, 2.75) is 32.5 Å². The molecule has 0 heterocycles. The number of hydrogen-bond donors (Lipinski definition) is 0. The summed E-state index contributed by atoms with van der Waals surface area (Å²) in [6.07, 6.45) is 5.94. The maximum absolute atomic E-state index is 6.13. The molecule has 3 aromatic rings. The van der Waals surface area contributed by atoms with Crippen molar-refractivity contribution in [2.24, 2.45) is 0 Å². The van der Waals surface area contributed by atoms with E-state index in [0.29, 0.717) is 13.2 Å². The summed E-state index contributed by atoms with van der Waals surface area (Å²) in [4.78, 5) is 0. The molecule has 0 amide bonds. The Morgan fingerprint density at radius 1 is 0.750 bits per heavy atom. The lowest BCUT2D eigenvalue weighted by molar-refractivity contribution is 0.286. The number of benzene rings is 3. The fourth-order valence-electron chi connectivity index (χ4n) is 3.12. The summed E-state index contributed by atoms with van der Waals surface area (Å²) in [5.41, 5.74) is 4.90. The molecule has 0 bridgehead atoms. The van der Waals surface area contributed by atoms with Crippen molar-refractivity contribution in [3.05, 3.63) is 99.5 Å². The molecule has 2 nitrogen and oxygen atoms in total. The van der Waals surface area contributed by atoms with Gasteiger partial charge in [0.2, 0.25) is 0 Å². The zero-order valence-electron chi connectivity index (χ0n) is 15.7. The van der Waals surface area contributed by atoms with Crippen LogP contribution in [-0.4, -0.2) is 0 Å². The van der Waals surface area contributed by atoms with E-state index in [9.17, 15) is 0 Å². The maximum atomic E-state index is 6.13. The minimum Gasteiger partial charge on any atom is -0.488 e. The van der Waals surface area contributed by atoms with Gasteiger partial charge in [0, 0.05) is 0 Å². The predicted molar refractivity (Wildman–Crippen MR) is 118 cm³/mol. The number of allylic oxidation sites excluding steroid dienone is 1. The Morgan fingerprint density at radius 2 is 1.25 bits per heavy atom. The molecule has 0 N–H and O–H groups in total. The highest BCUT2D eigenvalue weighted by atomic mass is 79.9. The van der Waals surface area contributed by atoms with Crippen LogP contribution in [0.2, 0.25) is 0 Å². The average Bonchev–Trinajstić information content (AvgIpc) is 2.71. The fourth-order valence-corrected chi connectivity index (χ4v) is 3.58. The van der Waals surface area contributed by atoms with Gasteiger partial charge in [-0.15, -0.1) is 0 Å². The number of rotatable bonds is 7. The van der Waals surface area contributed by atoms with E-state index in [1.165, 1.54) is 24.8 Å². The number of hydrogen-bond acceptors (Lipinski definition) is 2. The summed E-state index contributed by atoms with van der Waals surface area (Å²) in [6, 6.07) is 24.6. The van der Waals surface area contributed by atoms with Crippen molar-refractivity contribution in [2.75, 3.05) is 0 Å². The lowest BCUT2D eigenvalue weighted by Gasteiger charge is -2.18. The van der Waals surface area contributed by atoms with Crippen LogP contribution < -0.4 is 9.47 Å². The Kier molecular flexibility index (Phi) is 6.13. The quantitative estimate of drug-likeness (QED) is 0.392. The molecule has 28 heavy (non-hydrogen) atoms. The zero-order valence-corrected chi connectivity index (χ0v) is 17.3. The highest BCUT2D eigenvalue weighted by Gasteiger charge is 2.14. The molecule has 0 saturated heterocycles. The summed E-state index contributed by atoms with van der Waals surface area (Å²) < 4.78 is 13.1. The fraction of sp³-hybridized carbons (Fsp3) is 0.200. The van der Waals surface area contributed by atoms with Gasteiger partial charge in [-0.1, -0.05) is 72.3 Å². The Morgan fingerprint density at radius 3 is 1.68 bits per heavy atom. The van der Waals surface area contributed by atoms with E-state index in [1.54, 1.807) is 0 Å². The molecule has 1 aliphatic carbocycles. The molecule has 0 spiro atoms. The Labute approximate surface area is 174 Å². The van der Waals surface area contributed by atoms with E-state index in [-0.39, 0.29) is 0 Å². The second-order valence-electron chi connectivity index (χ2n) is 7.04. The van der Waals surface area contributed by atoms with Crippen molar-refractivity contribution in [3.8, 4) is 11.5 Å². The van der Waals surface area contributed by atoms with E-state index in [1.807, 2.05) is 36.4 Å². The van der Waals surface area contributed by atoms with Crippen molar-refractivity contribution >= 4 is 22.0 Å². The smallest absolute Gasteiger partial charge is 0.138 e. The van der Waals surface area contributed by atoms with Crippen molar-refractivity contribution in [3.63, 3.8) is 0 Å². The van der Waals surface area contributed by atoms with Crippen molar-refractivity contribution in [1.29, 1.82) is 0 Å². The lowest BCUT2D eigenvalue weighted by atomic mass is 9.91. The molecule has 0 unspecified atom stereocenters. The molecule has 0 aliphatic heterocycles. The van der Waals surface area contributed by atoms with E-state index < -0.39 is 0 Å². The Bertz CT molecular complexity index is 878. The molecule has 3 heteroatoms. The highest BCUT2D eigenvalue weighted by Crippen LogP contribution is 2.38. The first-order valence-electron chi connectivity index (χ1n) is 9.64. The van der Waals surface area contributed by atoms with Crippen LogP contribution in [0.15, 0.2) is 82.8 Å². The minimum absolute atomic E-state index is 0.525. The molecular formula is C25H23BrO2. The summed E-state index contributed by atoms with van der Waals surface area (Å²) in [5.74, 6) is 1.61. The number of ether oxygens (including phenoxy) is 2. The van der Waals surface area contributed by atoms with Crippen LogP contribution in [0.5, 0.6) is 11.5 Å². The van der Waals surface area contributed by atoms with E-state index >= 15 is 0 Å². The highest BCUT2D eigenvalue weighted by molar-refractivity contribution is 9.10. The SMILES string of the molecule is Brc1c(OCc2ccccc2)cc(C=C2CCC2)cc1OCc1ccccc1. The van der Waals surface area contributed by atoms with Gasteiger partial charge >= 0.3 is 0 Å². The van der Waals surface area contributed by atoms with Gasteiger partial charge in [-0.25, -0.2) is 0 Å². The Balaban J connectivity index is 1.57. The third kappa shape index (κ3) is 4.85. The van der Waals surface area contributed by atoms with Crippen LogP contribution >= 0.6 is 15.9 Å². The normalized spacial score (nSPS) is 13.0. The molecule has 1 saturated carbocycles. The standard InChI is InChI=1S/C25H23BrO2/c26-25-23(27-17-20-8-3-1-4-9-20)15-22(14-19-12-7-13-19)16-24(25)28-18-21-10-5-2-6-11-21/h1-6,8-11,14-16H,7,12-13,17-18H2. The average molecular weight is 435 g/mol. The molecular weight excluding hydrogens is 412 g/mol. The summed E-state index contributed by atoms with van der Waals surface area (Å²) >= 11 is 3.69. The minimum atomic E-state index is 0.525. The van der Waals surface area contributed by atoms with E-state index in [0.717, 1.165) is 32.7 Å². The van der Waals surface area contributed by atoms with Crippen molar-refractivity contribution < 1.29 is 9.47 Å². The number of halogens is 1.